The predicted octanol–water partition coefficient (Wildman–Crippen LogP) is 0.257. The van der Waals surface area contributed by atoms with Crippen LogP contribution in [0.1, 0.15) is 25.0 Å². The first-order valence-corrected chi connectivity index (χ1v) is 5.92. The van der Waals surface area contributed by atoms with Crippen molar-refractivity contribution in [2.45, 2.75) is 37.8 Å². The van der Waals surface area contributed by atoms with Crippen LogP contribution in [0.3, 0.4) is 0 Å². The molecule has 1 fully saturated rings. The zero-order valence-electron chi connectivity index (χ0n) is 9.85. The van der Waals surface area contributed by atoms with Crippen LogP contribution in [0, 0.1) is 0 Å². The van der Waals surface area contributed by atoms with Gasteiger partial charge in [0.25, 0.3) is 0 Å². The van der Waals surface area contributed by atoms with Gasteiger partial charge in [0.1, 0.15) is 6.04 Å². The van der Waals surface area contributed by atoms with Crippen LogP contribution in [0.25, 0.3) is 0 Å². The van der Waals surface area contributed by atoms with E-state index >= 15 is 0 Å². The molecule has 7 heteroatoms. The van der Waals surface area contributed by atoms with Crippen LogP contribution >= 0.6 is 0 Å². The molecule has 1 aromatic heterocycles. The number of carbonyl (C=O) groups excluding carboxylic acids is 1. The zero-order chi connectivity index (χ0) is 13.0. The van der Waals surface area contributed by atoms with E-state index in [2.05, 4.69) is 20.6 Å². The first-order chi connectivity index (χ1) is 8.65. The van der Waals surface area contributed by atoms with Crippen molar-refractivity contribution < 1.29 is 14.7 Å². The van der Waals surface area contributed by atoms with Crippen LogP contribution in [0.15, 0.2) is 12.5 Å². The molecule has 0 bridgehead atoms. The lowest BCUT2D eigenvalue weighted by molar-refractivity contribution is -0.139. The van der Waals surface area contributed by atoms with E-state index in [1.165, 1.54) is 6.33 Å². The molecule has 0 spiro atoms. The quantitative estimate of drug-likeness (QED) is 0.602. The first-order valence-electron chi connectivity index (χ1n) is 5.92. The van der Waals surface area contributed by atoms with Crippen LogP contribution < -0.4 is 10.6 Å². The third-order valence-electron chi connectivity index (χ3n) is 3.02. The van der Waals surface area contributed by atoms with Crippen molar-refractivity contribution in [3.63, 3.8) is 0 Å². The molecule has 1 atom stereocenters. The van der Waals surface area contributed by atoms with E-state index in [-0.39, 0.29) is 12.5 Å². The minimum Gasteiger partial charge on any atom is -0.480 e. The van der Waals surface area contributed by atoms with Crippen LogP contribution in [0.4, 0.5) is 4.79 Å². The second-order valence-electron chi connectivity index (χ2n) is 4.42. The van der Waals surface area contributed by atoms with E-state index in [1.807, 2.05) is 0 Å². The minimum absolute atomic E-state index is 0.187. The first kappa shape index (κ1) is 12.4. The van der Waals surface area contributed by atoms with Gasteiger partial charge in [0.15, 0.2) is 0 Å². The number of imidazole rings is 1. The number of hydrogen-bond acceptors (Lipinski definition) is 3. The Bertz CT molecular complexity index is 414. The van der Waals surface area contributed by atoms with E-state index in [1.54, 1.807) is 6.20 Å². The van der Waals surface area contributed by atoms with Crippen molar-refractivity contribution in [2.24, 2.45) is 0 Å². The van der Waals surface area contributed by atoms with E-state index in [0.29, 0.717) is 5.69 Å². The highest BCUT2D eigenvalue weighted by molar-refractivity contribution is 5.82. The van der Waals surface area contributed by atoms with Gasteiger partial charge in [-0.3, -0.25) is 0 Å². The number of amides is 2. The Hall–Kier alpha value is -2.05. The summed E-state index contributed by atoms with van der Waals surface area (Å²) in [7, 11) is 0. The monoisotopic (exact) mass is 252 g/mol. The highest BCUT2D eigenvalue weighted by Crippen LogP contribution is 2.17. The molecule has 1 aliphatic carbocycles. The van der Waals surface area contributed by atoms with Crippen molar-refractivity contribution in [3.05, 3.63) is 18.2 Å². The van der Waals surface area contributed by atoms with Gasteiger partial charge in [-0.25, -0.2) is 14.6 Å². The van der Waals surface area contributed by atoms with Gasteiger partial charge in [-0.05, 0) is 19.3 Å². The fraction of sp³-hybridized carbons (Fsp3) is 0.545. The molecule has 1 saturated carbocycles. The lowest BCUT2D eigenvalue weighted by Crippen LogP contribution is -2.51. The number of carboxylic acid groups (broad SMARTS) is 1. The average molecular weight is 252 g/mol. The maximum Gasteiger partial charge on any atom is 0.326 e. The third-order valence-corrected chi connectivity index (χ3v) is 3.02. The van der Waals surface area contributed by atoms with Gasteiger partial charge in [0, 0.05) is 24.4 Å². The van der Waals surface area contributed by atoms with Gasteiger partial charge < -0.3 is 20.7 Å². The lowest BCUT2D eigenvalue weighted by Gasteiger charge is -2.27. The Labute approximate surface area is 104 Å². The molecule has 0 saturated heterocycles. The molecule has 7 nitrogen and oxygen atoms in total. The summed E-state index contributed by atoms with van der Waals surface area (Å²) in [4.78, 5) is 29.3. The van der Waals surface area contributed by atoms with Crippen LogP contribution in [0.5, 0.6) is 0 Å². The molecule has 18 heavy (non-hydrogen) atoms. The largest absolute Gasteiger partial charge is 0.480 e. The highest BCUT2D eigenvalue weighted by Gasteiger charge is 2.24. The Morgan fingerprint density at radius 3 is 2.83 bits per heavy atom. The van der Waals surface area contributed by atoms with Crippen LogP contribution in [-0.2, 0) is 11.2 Å². The third kappa shape index (κ3) is 3.22. The number of aromatic amines is 1. The molecule has 2 rings (SSSR count). The van der Waals surface area contributed by atoms with Crippen LogP contribution in [0.2, 0.25) is 0 Å². The molecule has 0 unspecified atom stereocenters. The van der Waals surface area contributed by atoms with Gasteiger partial charge >= 0.3 is 12.0 Å². The Morgan fingerprint density at radius 1 is 1.56 bits per heavy atom. The van der Waals surface area contributed by atoms with Crippen LogP contribution in [-0.4, -0.2) is 39.2 Å². The lowest BCUT2D eigenvalue weighted by atomic mass is 9.93. The second-order valence-corrected chi connectivity index (χ2v) is 4.42. The van der Waals surface area contributed by atoms with E-state index in [9.17, 15) is 9.59 Å². The van der Waals surface area contributed by atoms with E-state index < -0.39 is 18.0 Å². The van der Waals surface area contributed by atoms with Crippen molar-refractivity contribution in [1.82, 2.24) is 20.6 Å². The number of urea groups is 1. The smallest absolute Gasteiger partial charge is 0.326 e. The number of carbonyl (C=O) groups is 2. The molecule has 2 amide bonds. The van der Waals surface area contributed by atoms with E-state index in [4.69, 9.17) is 5.11 Å². The number of hydrogen-bond donors (Lipinski definition) is 4. The summed E-state index contributed by atoms with van der Waals surface area (Å²) in [5, 5.41) is 14.2. The molecule has 1 aliphatic rings. The van der Waals surface area contributed by atoms with Gasteiger partial charge in [0.05, 0.1) is 6.33 Å². The Balaban J connectivity index is 1.85. The van der Waals surface area contributed by atoms with Crippen molar-refractivity contribution in [3.8, 4) is 0 Å². The fourth-order valence-corrected chi connectivity index (χ4v) is 1.75. The number of H-pyrrole nitrogens is 1. The molecular weight excluding hydrogens is 236 g/mol. The summed E-state index contributed by atoms with van der Waals surface area (Å²) in [6.45, 7) is 0. The molecular formula is C11H16N4O3. The summed E-state index contributed by atoms with van der Waals surface area (Å²) in [5.74, 6) is -1.06. The highest BCUT2D eigenvalue weighted by atomic mass is 16.4. The number of rotatable bonds is 5. The molecule has 0 aliphatic heterocycles. The number of carboxylic acids is 1. The maximum absolute atomic E-state index is 11.6. The minimum atomic E-state index is -1.06. The van der Waals surface area contributed by atoms with Gasteiger partial charge in [-0.15, -0.1) is 0 Å². The van der Waals surface area contributed by atoms with Crippen molar-refractivity contribution in [2.75, 3.05) is 0 Å². The van der Waals surface area contributed by atoms with E-state index in [0.717, 1.165) is 19.3 Å². The second kappa shape index (κ2) is 5.52. The Morgan fingerprint density at radius 2 is 2.33 bits per heavy atom. The number of aliphatic carboxylic acids is 1. The standard InChI is InChI=1S/C11H16N4O3/c16-10(17)9(4-8-5-12-6-13-8)15-11(18)14-7-2-1-3-7/h5-7,9H,1-4H2,(H,12,13)(H,16,17)(H2,14,15,18)/t9-/m1/s1. The normalized spacial score (nSPS) is 16.7. The topological polar surface area (TPSA) is 107 Å². The van der Waals surface area contributed by atoms with Crippen molar-refractivity contribution in [1.29, 1.82) is 0 Å². The van der Waals surface area contributed by atoms with Gasteiger partial charge in [-0.1, -0.05) is 0 Å². The summed E-state index contributed by atoms with van der Waals surface area (Å²) in [6, 6.07) is -1.19. The predicted molar refractivity (Wildman–Crippen MR) is 63.0 cm³/mol. The average Bonchev–Trinajstić information content (AvgIpc) is 2.75. The SMILES string of the molecule is O=C(NC1CCC1)N[C@H](Cc1cnc[nH]1)C(=O)O. The fourth-order valence-electron chi connectivity index (χ4n) is 1.75. The summed E-state index contributed by atoms with van der Waals surface area (Å²) >= 11 is 0. The van der Waals surface area contributed by atoms with Crippen molar-refractivity contribution >= 4 is 12.0 Å². The summed E-state index contributed by atoms with van der Waals surface area (Å²) < 4.78 is 0. The summed E-state index contributed by atoms with van der Waals surface area (Å²) in [5.41, 5.74) is 0.673. The molecule has 1 heterocycles. The number of aromatic nitrogens is 2. The molecule has 98 valence electrons. The Kier molecular flexibility index (Phi) is 3.81. The summed E-state index contributed by atoms with van der Waals surface area (Å²) in [6.07, 6.45) is 6.25. The molecule has 1 aromatic rings. The number of nitrogens with zero attached hydrogens (tertiary/aromatic N) is 1. The maximum atomic E-state index is 11.6. The van der Waals surface area contributed by atoms with Gasteiger partial charge in [0.2, 0.25) is 0 Å². The molecule has 0 radical (unpaired) electrons. The molecule has 0 aromatic carbocycles. The van der Waals surface area contributed by atoms with Gasteiger partial charge in [-0.2, -0.15) is 0 Å². The molecule has 4 N–H and O–H groups in total. The number of nitrogens with one attached hydrogen (secondary N) is 3. The zero-order valence-corrected chi connectivity index (χ0v) is 9.85.